The zero-order chi connectivity index (χ0) is 13.2. The Kier molecular flexibility index (Phi) is 2.88. The highest BCUT2D eigenvalue weighted by Gasteiger charge is 2.14. The summed E-state index contributed by atoms with van der Waals surface area (Å²) in [6, 6.07) is 18.6. The van der Waals surface area contributed by atoms with E-state index in [4.69, 9.17) is 4.42 Å². The molecule has 3 aromatic rings. The molecule has 3 rings (SSSR count). The molecule has 3 nitrogen and oxygen atoms in total. The van der Waals surface area contributed by atoms with Gasteiger partial charge in [0.25, 0.3) is 5.89 Å². The van der Waals surface area contributed by atoms with E-state index in [1.807, 2.05) is 44.3 Å². The molecule has 2 aromatic carbocycles. The van der Waals surface area contributed by atoms with Crippen LogP contribution in [-0.2, 0) is 7.05 Å². The van der Waals surface area contributed by atoms with Gasteiger partial charge in [0.15, 0.2) is 7.05 Å². The molecule has 0 aliphatic rings. The molecule has 0 unspecified atom stereocenters. The van der Waals surface area contributed by atoms with Crippen molar-refractivity contribution in [3.63, 3.8) is 0 Å². The van der Waals surface area contributed by atoms with Gasteiger partial charge in [-0.2, -0.15) is 0 Å². The summed E-state index contributed by atoms with van der Waals surface area (Å²) in [5.74, 6) is 1.45. The normalized spacial score (nSPS) is 10.6. The number of rotatable bonds is 2. The molecule has 0 amide bonds. The van der Waals surface area contributed by atoms with Gasteiger partial charge in [-0.25, -0.2) is 0 Å². The smallest absolute Gasteiger partial charge is 0.370 e. The van der Waals surface area contributed by atoms with E-state index in [1.165, 1.54) is 11.1 Å². The van der Waals surface area contributed by atoms with E-state index >= 15 is 0 Å². The minimum Gasteiger partial charge on any atom is -0.381 e. The third kappa shape index (κ3) is 2.27. The second kappa shape index (κ2) is 4.69. The van der Waals surface area contributed by atoms with Crippen LogP contribution in [-0.4, -0.2) is 5.10 Å². The van der Waals surface area contributed by atoms with Gasteiger partial charge in [-0.15, -0.1) is 0 Å². The van der Waals surface area contributed by atoms with Crippen LogP contribution in [0, 0.1) is 6.92 Å². The Hall–Kier alpha value is -2.42. The first-order valence-corrected chi connectivity index (χ1v) is 6.23. The molecule has 0 spiro atoms. The van der Waals surface area contributed by atoms with Crippen LogP contribution in [0.2, 0.25) is 0 Å². The lowest BCUT2D eigenvalue weighted by Gasteiger charge is -2.01. The fourth-order valence-corrected chi connectivity index (χ4v) is 1.99. The minimum atomic E-state index is 0.652. The second-order valence-corrected chi connectivity index (χ2v) is 4.49. The molecular weight excluding hydrogens is 236 g/mol. The predicted molar refractivity (Wildman–Crippen MR) is 73.3 cm³/mol. The Balaban J connectivity index is 1.95. The highest BCUT2D eigenvalue weighted by atomic mass is 16.4. The van der Waals surface area contributed by atoms with Crippen molar-refractivity contribution in [3.8, 4) is 22.6 Å². The number of hydrogen-bond donors (Lipinski definition) is 0. The van der Waals surface area contributed by atoms with Gasteiger partial charge in [0, 0.05) is 10.7 Å². The summed E-state index contributed by atoms with van der Waals surface area (Å²) in [6.07, 6.45) is 0. The Labute approximate surface area is 112 Å². The average molecular weight is 251 g/mol. The van der Waals surface area contributed by atoms with Crippen LogP contribution in [0.5, 0.6) is 0 Å². The monoisotopic (exact) mass is 251 g/mol. The lowest BCUT2D eigenvalue weighted by molar-refractivity contribution is -0.736. The van der Waals surface area contributed by atoms with Gasteiger partial charge in [-0.05, 0) is 23.3 Å². The summed E-state index contributed by atoms with van der Waals surface area (Å²) < 4.78 is 7.33. The lowest BCUT2D eigenvalue weighted by Crippen LogP contribution is -2.32. The molecule has 19 heavy (non-hydrogen) atoms. The van der Waals surface area contributed by atoms with Gasteiger partial charge in [-0.1, -0.05) is 47.1 Å². The van der Waals surface area contributed by atoms with Gasteiger partial charge < -0.3 is 4.42 Å². The SMILES string of the molecule is Cc1oc(-c2ccc(-c3ccccc3)cc2)n[n+]1C. The second-order valence-electron chi connectivity index (χ2n) is 4.49. The molecular formula is C16H15N2O+. The summed E-state index contributed by atoms with van der Waals surface area (Å²) in [4.78, 5) is 0. The van der Waals surface area contributed by atoms with Gasteiger partial charge in [-0.3, -0.25) is 0 Å². The van der Waals surface area contributed by atoms with E-state index in [9.17, 15) is 0 Å². The first-order chi connectivity index (χ1) is 9.24. The summed E-state index contributed by atoms with van der Waals surface area (Å²) in [7, 11) is 1.88. The summed E-state index contributed by atoms with van der Waals surface area (Å²) in [5, 5.41) is 4.33. The van der Waals surface area contributed by atoms with E-state index in [0.29, 0.717) is 5.89 Å². The highest BCUT2D eigenvalue weighted by Crippen LogP contribution is 2.23. The zero-order valence-electron chi connectivity index (χ0n) is 11.0. The van der Waals surface area contributed by atoms with Crippen molar-refractivity contribution in [2.75, 3.05) is 0 Å². The fourth-order valence-electron chi connectivity index (χ4n) is 1.99. The van der Waals surface area contributed by atoms with Crippen LogP contribution in [0.4, 0.5) is 0 Å². The molecule has 0 aliphatic heterocycles. The highest BCUT2D eigenvalue weighted by molar-refractivity contribution is 5.66. The maximum atomic E-state index is 5.60. The molecule has 0 atom stereocenters. The molecule has 0 N–H and O–H groups in total. The molecule has 3 heteroatoms. The first-order valence-electron chi connectivity index (χ1n) is 6.23. The number of hydrogen-bond acceptors (Lipinski definition) is 2. The van der Waals surface area contributed by atoms with E-state index in [0.717, 1.165) is 11.5 Å². The fraction of sp³-hybridized carbons (Fsp3) is 0.125. The summed E-state index contributed by atoms with van der Waals surface area (Å²) in [6.45, 7) is 1.90. The molecule has 1 aromatic heterocycles. The molecule has 0 radical (unpaired) electrons. The maximum absolute atomic E-state index is 5.60. The number of aryl methyl sites for hydroxylation is 2. The van der Waals surface area contributed by atoms with E-state index < -0.39 is 0 Å². The molecule has 0 aliphatic carbocycles. The van der Waals surface area contributed by atoms with Gasteiger partial charge >= 0.3 is 5.89 Å². The topological polar surface area (TPSA) is 29.9 Å². The van der Waals surface area contributed by atoms with Crippen molar-refractivity contribution in [3.05, 3.63) is 60.5 Å². The van der Waals surface area contributed by atoms with Crippen LogP contribution >= 0.6 is 0 Å². The van der Waals surface area contributed by atoms with E-state index in [-0.39, 0.29) is 0 Å². The third-order valence-electron chi connectivity index (χ3n) is 3.18. The Morgan fingerprint density at radius 3 is 2.00 bits per heavy atom. The van der Waals surface area contributed by atoms with Crippen molar-refractivity contribution in [2.24, 2.45) is 7.05 Å². The van der Waals surface area contributed by atoms with Gasteiger partial charge in [0.05, 0.1) is 6.92 Å². The van der Waals surface area contributed by atoms with Crippen LogP contribution in [0.3, 0.4) is 0 Å². The van der Waals surface area contributed by atoms with Gasteiger partial charge in [0.2, 0.25) is 0 Å². The quantitative estimate of drug-likeness (QED) is 0.655. The Morgan fingerprint density at radius 1 is 0.842 bits per heavy atom. The van der Waals surface area contributed by atoms with Crippen LogP contribution in [0.25, 0.3) is 22.6 Å². The third-order valence-corrected chi connectivity index (χ3v) is 3.18. The Bertz CT molecular complexity index is 665. The number of aromatic nitrogens is 2. The van der Waals surface area contributed by atoms with Crippen LogP contribution in [0.1, 0.15) is 5.89 Å². The summed E-state index contributed by atoms with van der Waals surface area (Å²) >= 11 is 0. The minimum absolute atomic E-state index is 0.652. The van der Waals surface area contributed by atoms with Crippen molar-refractivity contribution in [1.29, 1.82) is 0 Å². The molecule has 1 heterocycles. The predicted octanol–water partition coefficient (Wildman–Crippen LogP) is 3.14. The standard InChI is InChI=1S/C16H15N2O/c1-12-18(2)17-16(19-12)15-10-8-14(9-11-15)13-6-4-3-5-7-13/h3-11H,1-2H3/q+1. The number of benzene rings is 2. The van der Waals surface area contributed by atoms with E-state index in [1.54, 1.807) is 4.68 Å². The first kappa shape index (κ1) is 11.7. The Morgan fingerprint density at radius 2 is 1.42 bits per heavy atom. The van der Waals surface area contributed by atoms with Gasteiger partial charge in [0.1, 0.15) is 0 Å². The largest absolute Gasteiger partial charge is 0.381 e. The molecule has 94 valence electrons. The van der Waals surface area contributed by atoms with Crippen molar-refractivity contribution < 1.29 is 9.10 Å². The molecule has 0 saturated carbocycles. The van der Waals surface area contributed by atoms with Crippen molar-refractivity contribution >= 4 is 0 Å². The lowest BCUT2D eigenvalue weighted by atomic mass is 10.0. The van der Waals surface area contributed by atoms with Crippen LogP contribution in [0.15, 0.2) is 59.0 Å². The molecule has 0 fully saturated rings. The number of nitrogens with zero attached hydrogens (tertiary/aromatic N) is 2. The zero-order valence-corrected chi connectivity index (χ0v) is 11.0. The maximum Gasteiger partial charge on any atom is 0.370 e. The molecule has 0 saturated heterocycles. The van der Waals surface area contributed by atoms with Crippen LogP contribution < -0.4 is 4.68 Å². The molecule has 0 bridgehead atoms. The van der Waals surface area contributed by atoms with Crippen molar-refractivity contribution in [2.45, 2.75) is 6.92 Å². The van der Waals surface area contributed by atoms with Crippen molar-refractivity contribution in [1.82, 2.24) is 5.10 Å². The van der Waals surface area contributed by atoms with E-state index in [2.05, 4.69) is 29.4 Å². The summed E-state index contributed by atoms with van der Waals surface area (Å²) in [5.41, 5.74) is 3.39. The average Bonchev–Trinajstić information content (AvgIpc) is 2.80.